The van der Waals surface area contributed by atoms with Gasteiger partial charge in [-0.1, -0.05) is 36.2 Å². The van der Waals surface area contributed by atoms with Crippen molar-refractivity contribution in [2.45, 2.75) is 19.4 Å². The van der Waals surface area contributed by atoms with E-state index in [0.29, 0.717) is 16.7 Å². The van der Waals surface area contributed by atoms with Gasteiger partial charge >= 0.3 is 0 Å². The summed E-state index contributed by atoms with van der Waals surface area (Å²) in [6.45, 7) is 3.47. The van der Waals surface area contributed by atoms with Crippen LogP contribution in [0.25, 0.3) is 0 Å². The van der Waals surface area contributed by atoms with E-state index in [1.807, 2.05) is 19.2 Å². The van der Waals surface area contributed by atoms with Crippen LogP contribution >= 0.6 is 23.2 Å². The van der Waals surface area contributed by atoms with Gasteiger partial charge in [0.05, 0.1) is 12.6 Å². The monoisotopic (exact) mass is 261 g/mol. The Morgan fingerprint density at radius 3 is 2.69 bits per heavy atom. The summed E-state index contributed by atoms with van der Waals surface area (Å²) >= 11 is 12.0. The molecular formula is C12H17Cl2NO. The molecule has 0 aromatic heterocycles. The molecule has 4 heteroatoms. The summed E-state index contributed by atoms with van der Waals surface area (Å²) in [4.78, 5) is 0. The van der Waals surface area contributed by atoms with E-state index in [4.69, 9.17) is 27.9 Å². The fraction of sp³-hybridized carbons (Fsp3) is 0.500. The third-order valence-corrected chi connectivity index (χ3v) is 2.88. The lowest BCUT2D eigenvalue weighted by atomic mass is 10.1. The molecule has 90 valence electrons. The van der Waals surface area contributed by atoms with E-state index in [0.717, 1.165) is 18.6 Å². The summed E-state index contributed by atoms with van der Waals surface area (Å²) in [6.07, 6.45) is 1.02. The number of ether oxygens (including phenoxy) is 1. The molecule has 1 N–H and O–H groups in total. The molecule has 2 nitrogen and oxygen atoms in total. The third kappa shape index (κ3) is 3.95. The van der Waals surface area contributed by atoms with E-state index < -0.39 is 0 Å². The first-order chi connectivity index (χ1) is 7.69. The van der Waals surface area contributed by atoms with Crippen LogP contribution in [0.3, 0.4) is 0 Å². The minimum atomic E-state index is 0.108. The minimum absolute atomic E-state index is 0.108. The first-order valence-electron chi connectivity index (χ1n) is 5.39. The van der Waals surface area contributed by atoms with Gasteiger partial charge in [0.25, 0.3) is 0 Å². The molecule has 0 bridgehead atoms. The molecule has 0 aliphatic heterocycles. The Morgan fingerprint density at radius 1 is 1.38 bits per heavy atom. The van der Waals surface area contributed by atoms with Crippen molar-refractivity contribution < 1.29 is 4.74 Å². The van der Waals surface area contributed by atoms with Gasteiger partial charge in [-0.3, -0.25) is 0 Å². The molecule has 0 aliphatic carbocycles. The maximum Gasteiger partial charge on any atom is 0.0661 e. The molecule has 1 atom stereocenters. The van der Waals surface area contributed by atoms with Crippen LogP contribution in [0.5, 0.6) is 0 Å². The highest BCUT2D eigenvalue weighted by molar-refractivity contribution is 6.35. The largest absolute Gasteiger partial charge is 0.379 e. The fourth-order valence-corrected chi connectivity index (χ4v) is 2.00. The van der Waals surface area contributed by atoms with Gasteiger partial charge in [-0.15, -0.1) is 0 Å². The minimum Gasteiger partial charge on any atom is -0.379 e. The van der Waals surface area contributed by atoms with Gasteiger partial charge in [0.1, 0.15) is 0 Å². The molecule has 16 heavy (non-hydrogen) atoms. The molecule has 1 aromatic rings. The van der Waals surface area contributed by atoms with Crippen molar-refractivity contribution in [3.8, 4) is 0 Å². The molecule has 0 fully saturated rings. The molecule has 0 heterocycles. The van der Waals surface area contributed by atoms with E-state index in [9.17, 15) is 0 Å². The van der Waals surface area contributed by atoms with Crippen molar-refractivity contribution in [3.63, 3.8) is 0 Å². The number of likely N-dealkylation sites (N-methyl/N-ethyl adjacent to an activating group) is 1. The molecule has 1 rings (SSSR count). The second-order valence-corrected chi connectivity index (χ2v) is 4.43. The first-order valence-corrected chi connectivity index (χ1v) is 6.14. The van der Waals surface area contributed by atoms with Crippen molar-refractivity contribution in [2.75, 3.05) is 20.3 Å². The number of nitrogens with one attached hydrogen (secondary N) is 1. The van der Waals surface area contributed by atoms with Gasteiger partial charge in [0, 0.05) is 16.7 Å². The topological polar surface area (TPSA) is 21.3 Å². The van der Waals surface area contributed by atoms with Crippen LogP contribution in [0.4, 0.5) is 0 Å². The highest BCUT2D eigenvalue weighted by atomic mass is 35.5. The summed E-state index contributed by atoms with van der Waals surface area (Å²) in [6, 6.07) is 5.63. The van der Waals surface area contributed by atoms with Crippen LogP contribution in [0.15, 0.2) is 18.2 Å². The fourth-order valence-electron chi connectivity index (χ4n) is 1.46. The molecule has 0 radical (unpaired) electrons. The van der Waals surface area contributed by atoms with Gasteiger partial charge < -0.3 is 10.1 Å². The zero-order chi connectivity index (χ0) is 12.0. The normalized spacial score (nSPS) is 12.8. The zero-order valence-electron chi connectivity index (χ0n) is 9.59. The lowest BCUT2D eigenvalue weighted by molar-refractivity contribution is 0.114. The lowest BCUT2D eigenvalue weighted by Gasteiger charge is -2.18. The standard InChI is InChI=1S/C12H17Cl2NO/c1-3-6-16-8-12(15-2)10-5-4-9(13)7-11(10)14/h4-5,7,12,15H,3,6,8H2,1-2H3. The number of halogens is 2. The van der Waals surface area contributed by atoms with Crippen LogP contribution in [0.2, 0.25) is 10.0 Å². The Bertz CT molecular complexity index is 331. The maximum absolute atomic E-state index is 6.14. The number of hydrogen-bond acceptors (Lipinski definition) is 2. The van der Waals surface area contributed by atoms with Crippen molar-refractivity contribution in [2.24, 2.45) is 0 Å². The smallest absolute Gasteiger partial charge is 0.0661 e. The predicted molar refractivity (Wildman–Crippen MR) is 69.4 cm³/mol. The summed E-state index contributed by atoms with van der Waals surface area (Å²) in [7, 11) is 1.89. The summed E-state index contributed by atoms with van der Waals surface area (Å²) in [5.41, 5.74) is 1.02. The Hall–Kier alpha value is -0.280. The van der Waals surface area contributed by atoms with Crippen molar-refractivity contribution in [1.82, 2.24) is 5.32 Å². The van der Waals surface area contributed by atoms with Gasteiger partial charge in [-0.05, 0) is 31.2 Å². The average Bonchev–Trinajstić information content (AvgIpc) is 2.26. The summed E-state index contributed by atoms with van der Waals surface area (Å²) in [5.74, 6) is 0. The first kappa shape index (κ1) is 13.8. The predicted octanol–water partition coefficient (Wildman–Crippen LogP) is 3.68. The van der Waals surface area contributed by atoms with Crippen LogP contribution in [0, 0.1) is 0 Å². The molecule has 0 aliphatic rings. The van der Waals surface area contributed by atoms with E-state index in [1.54, 1.807) is 6.07 Å². The second-order valence-electron chi connectivity index (χ2n) is 3.58. The van der Waals surface area contributed by atoms with Crippen molar-refractivity contribution in [3.05, 3.63) is 33.8 Å². The van der Waals surface area contributed by atoms with Crippen molar-refractivity contribution in [1.29, 1.82) is 0 Å². The number of benzene rings is 1. The molecule has 1 unspecified atom stereocenters. The highest BCUT2D eigenvalue weighted by Crippen LogP contribution is 2.26. The number of hydrogen-bond donors (Lipinski definition) is 1. The van der Waals surface area contributed by atoms with Crippen LogP contribution in [-0.4, -0.2) is 20.3 Å². The Labute approximate surface area is 107 Å². The highest BCUT2D eigenvalue weighted by Gasteiger charge is 2.13. The summed E-state index contributed by atoms with van der Waals surface area (Å²) < 4.78 is 5.52. The van der Waals surface area contributed by atoms with Gasteiger partial charge in [-0.2, -0.15) is 0 Å². The SMILES string of the molecule is CCCOCC(NC)c1ccc(Cl)cc1Cl. The number of rotatable bonds is 6. The third-order valence-electron chi connectivity index (χ3n) is 2.32. The lowest BCUT2D eigenvalue weighted by Crippen LogP contribution is -2.22. The van der Waals surface area contributed by atoms with Gasteiger partial charge in [-0.25, -0.2) is 0 Å². The Balaban J connectivity index is 2.70. The molecule has 0 saturated heterocycles. The molecule has 1 aromatic carbocycles. The van der Waals surface area contributed by atoms with Crippen LogP contribution in [-0.2, 0) is 4.74 Å². The van der Waals surface area contributed by atoms with E-state index in [1.165, 1.54) is 0 Å². The Kier molecular flexibility index (Phi) is 6.14. The van der Waals surface area contributed by atoms with Gasteiger partial charge in [0.15, 0.2) is 0 Å². The molecule has 0 spiro atoms. The zero-order valence-corrected chi connectivity index (χ0v) is 11.1. The van der Waals surface area contributed by atoms with Crippen LogP contribution < -0.4 is 5.32 Å². The van der Waals surface area contributed by atoms with E-state index >= 15 is 0 Å². The molecule has 0 saturated carbocycles. The van der Waals surface area contributed by atoms with Gasteiger partial charge in [0.2, 0.25) is 0 Å². The summed E-state index contributed by atoms with van der Waals surface area (Å²) in [5, 5.41) is 4.51. The Morgan fingerprint density at radius 2 is 2.12 bits per heavy atom. The van der Waals surface area contributed by atoms with Crippen molar-refractivity contribution >= 4 is 23.2 Å². The quantitative estimate of drug-likeness (QED) is 0.789. The second kappa shape index (κ2) is 7.13. The van der Waals surface area contributed by atoms with Crippen LogP contribution in [0.1, 0.15) is 24.9 Å². The maximum atomic E-state index is 6.14. The van der Waals surface area contributed by atoms with E-state index in [-0.39, 0.29) is 6.04 Å². The van der Waals surface area contributed by atoms with E-state index in [2.05, 4.69) is 12.2 Å². The molecular weight excluding hydrogens is 245 g/mol. The average molecular weight is 262 g/mol. The molecule has 0 amide bonds.